The van der Waals surface area contributed by atoms with E-state index in [9.17, 15) is 8.78 Å². The summed E-state index contributed by atoms with van der Waals surface area (Å²) in [7, 11) is 3.93. The molecule has 0 bridgehead atoms. The van der Waals surface area contributed by atoms with Gasteiger partial charge in [-0.15, -0.1) is 0 Å². The van der Waals surface area contributed by atoms with Gasteiger partial charge in [0.1, 0.15) is 11.6 Å². The van der Waals surface area contributed by atoms with Gasteiger partial charge < -0.3 is 15.5 Å². The predicted molar refractivity (Wildman–Crippen MR) is 77.1 cm³/mol. The average Bonchev–Trinajstić information content (AvgIpc) is 2.27. The molecule has 3 nitrogen and oxygen atoms in total. The van der Waals surface area contributed by atoms with Gasteiger partial charge in [-0.1, -0.05) is 6.07 Å². The summed E-state index contributed by atoms with van der Waals surface area (Å²) in [5.41, 5.74) is 0.387. The second kappa shape index (κ2) is 7.35. The van der Waals surface area contributed by atoms with Crippen molar-refractivity contribution in [2.24, 2.45) is 0 Å². The lowest BCUT2D eigenvalue weighted by atomic mass is 10.1. The van der Waals surface area contributed by atoms with Crippen molar-refractivity contribution < 1.29 is 8.78 Å². The minimum absolute atomic E-state index is 0.319. The summed E-state index contributed by atoms with van der Waals surface area (Å²) in [6, 6.07) is 3.21. The van der Waals surface area contributed by atoms with E-state index in [1.54, 1.807) is 6.92 Å². The zero-order valence-corrected chi connectivity index (χ0v) is 12.2. The normalized spacial score (nSPS) is 12.3. The molecule has 1 aromatic carbocycles. The first-order valence-corrected chi connectivity index (χ1v) is 6.45. The topological polar surface area (TPSA) is 27.3 Å². The number of nitrogens with zero attached hydrogens (tertiary/aromatic N) is 1. The molecule has 106 valence electrons. The van der Waals surface area contributed by atoms with Gasteiger partial charge in [-0.25, -0.2) is 8.78 Å². The van der Waals surface area contributed by atoms with Gasteiger partial charge in [0.2, 0.25) is 0 Å². The molecule has 19 heavy (non-hydrogen) atoms. The summed E-state index contributed by atoms with van der Waals surface area (Å²) < 4.78 is 26.4. The van der Waals surface area contributed by atoms with Gasteiger partial charge in [0.05, 0.1) is 6.04 Å². The lowest BCUT2D eigenvalue weighted by molar-refractivity contribution is 0.412. The first kappa shape index (κ1) is 15.8. The van der Waals surface area contributed by atoms with E-state index >= 15 is 0 Å². The molecule has 0 aliphatic carbocycles. The second-order valence-electron chi connectivity index (χ2n) is 4.59. The molecule has 0 saturated heterocycles. The van der Waals surface area contributed by atoms with E-state index in [0.29, 0.717) is 17.2 Å². The van der Waals surface area contributed by atoms with Gasteiger partial charge >= 0.3 is 0 Å². The molecular formula is C13H19F2N3S. The molecule has 0 saturated carbocycles. The summed E-state index contributed by atoms with van der Waals surface area (Å²) in [6.45, 7) is 3.33. The van der Waals surface area contributed by atoms with Crippen LogP contribution in [0.5, 0.6) is 0 Å². The van der Waals surface area contributed by atoms with Crippen molar-refractivity contribution in [3.05, 3.63) is 35.4 Å². The molecule has 0 aromatic heterocycles. The second-order valence-corrected chi connectivity index (χ2v) is 5.00. The predicted octanol–water partition coefficient (Wildman–Crippen LogP) is 2.05. The van der Waals surface area contributed by atoms with Crippen LogP contribution in [0.1, 0.15) is 18.5 Å². The third-order valence-electron chi connectivity index (χ3n) is 2.62. The average molecular weight is 287 g/mol. The number of hydrogen-bond acceptors (Lipinski definition) is 2. The molecule has 0 amide bonds. The van der Waals surface area contributed by atoms with Crippen LogP contribution in [-0.4, -0.2) is 37.2 Å². The number of nitrogens with one attached hydrogen (secondary N) is 2. The molecule has 0 aliphatic heterocycles. The molecule has 0 heterocycles. The van der Waals surface area contributed by atoms with E-state index in [4.69, 9.17) is 12.2 Å². The molecule has 6 heteroatoms. The van der Waals surface area contributed by atoms with Crippen LogP contribution in [0.25, 0.3) is 0 Å². The van der Waals surface area contributed by atoms with E-state index in [0.717, 1.165) is 12.6 Å². The third-order valence-corrected chi connectivity index (χ3v) is 2.88. The molecule has 2 N–H and O–H groups in total. The van der Waals surface area contributed by atoms with Gasteiger partial charge in [0, 0.05) is 24.7 Å². The maximum absolute atomic E-state index is 13.6. The van der Waals surface area contributed by atoms with E-state index in [-0.39, 0.29) is 6.04 Å². The molecule has 0 aliphatic rings. The van der Waals surface area contributed by atoms with Crippen LogP contribution >= 0.6 is 12.2 Å². The number of hydrogen-bond donors (Lipinski definition) is 2. The number of likely N-dealkylation sites (N-methyl/N-ethyl adjacent to an activating group) is 1. The highest BCUT2D eigenvalue weighted by molar-refractivity contribution is 7.80. The van der Waals surface area contributed by atoms with Crippen molar-refractivity contribution >= 4 is 17.3 Å². The number of halogens is 2. The molecule has 1 atom stereocenters. The highest BCUT2D eigenvalue weighted by Gasteiger charge is 2.12. The molecule has 1 aromatic rings. The zero-order valence-electron chi connectivity index (χ0n) is 11.3. The monoisotopic (exact) mass is 287 g/mol. The summed E-state index contributed by atoms with van der Waals surface area (Å²) in [4.78, 5) is 2.03. The fraction of sp³-hybridized carbons (Fsp3) is 0.462. The Hall–Kier alpha value is -1.27. The minimum atomic E-state index is -0.583. The maximum atomic E-state index is 13.6. The maximum Gasteiger partial charge on any atom is 0.166 e. The number of rotatable bonds is 5. The summed E-state index contributed by atoms with van der Waals surface area (Å²) in [5.74, 6) is -1.16. The smallest absolute Gasteiger partial charge is 0.166 e. The van der Waals surface area contributed by atoms with Crippen molar-refractivity contribution in [3.8, 4) is 0 Å². The van der Waals surface area contributed by atoms with Gasteiger partial charge in [-0.3, -0.25) is 0 Å². The number of thiocarbonyl (C=S) groups is 1. The van der Waals surface area contributed by atoms with Crippen LogP contribution in [-0.2, 0) is 0 Å². The first-order valence-electron chi connectivity index (χ1n) is 6.04. The van der Waals surface area contributed by atoms with Gasteiger partial charge in [-0.05, 0) is 39.3 Å². The lowest BCUT2D eigenvalue weighted by Crippen LogP contribution is -2.40. The first-order chi connectivity index (χ1) is 8.90. The van der Waals surface area contributed by atoms with E-state index in [1.807, 2.05) is 19.0 Å². The van der Waals surface area contributed by atoms with Crippen LogP contribution in [0, 0.1) is 11.6 Å². The zero-order chi connectivity index (χ0) is 14.4. The Morgan fingerprint density at radius 1 is 1.37 bits per heavy atom. The van der Waals surface area contributed by atoms with Crippen molar-refractivity contribution in [1.82, 2.24) is 15.5 Å². The highest BCUT2D eigenvalue weighted by Crippen LogP contribution is 2.17. The van der Waals surface area contributed by atoms with Crippen LogP contribution < -0.4 is 10.6 Å². The SMILES string of the molecule is C[C@@H](NC(=S)NCCN(C)C)c1ccc(F)cc1F. The lowest BCUT2D eigenvalue weighted by Gasteiger charge is -2.18. The standard InChI is InChI=1S/C13H19F2N3S/c1-9(11-5-4-10(14)8-12(11)15)17-13(19)16-6-7-18(2)3/h4-5,8-9H,6-7H2,1-3H3,(H2,16,17,19)/t9-/m1/s1. The van der Waals surface area contributed by atoms with E-state index < -0.39 is 11.6 Å². The van der Waals surface area contributed by atoms with Crippen molar-refractivity contribution in [2.45, 2.75) is 13.0 Å². The Morgan fingerprint density at radius 3 is 2.63 bits per heavy atom. The summed E-state index contributed by atoms with van der Waals surface area (Å²) in [5, 5.41) is 6.45. The van der Waals surface area contributed by atoms with Crippen molar-refractivity contribution in [2.75, 3.05) is 27.2 Å². The quantitative estimate of drug-likeness (QED) is 0.811. The Balaban J connectivity index is 2.49. The molecule has 0 spiro atoms. The van der Waals surface area contributed by atoms with E-state index in [2.05, 4.69) is 10.6 Å². The van der Waals surface area contributed by atoms with Crippen molar-refractivity contribution in [3.63, 3.8) is 0 Å². The van der Waals surface area contributed by atoms with Gasteiger partial charge in [-0.2, -0.15) is 0 Å². The van der Waals surface area contributed by atoms with Gasteiger partial charge in [0.15, 0.2) is 5.11 Å². The van der Waals surface area contributed by atoms with Crippen LogP contribution in [0.15, 0.2) is 18.2 Å². The molecule has 0 fully saturated rings. The molecule has 0 unspecified atom stereocenters. The van der Waals surface area contributed by atoms with E-state index in [1.165, 1.54) is 12.1 Å². The third kappa shape index (κ3) is 5.48. The Labute approximate surface area is 118 Å². The van der Waals surface area contributed by atoms with Gasteiger partial charge in [0.25, 0.3) is 0 Å². The molecular weight excluding hydrogens is 268 g/mol. The minimum Gasteiger partial charge on any atom is -0.361 e. The largest absolute Gasteiger partial charge is 0.361 e. The Kier molecular flexibility index (Phi) is 6.11. The Morgan fingerprint density at radius 2 is 2.05 bits per heavy atom. The molecule has 1 rings (SSSR count). The van der Waals surface area contributed by atoms with Crippen molar-refractivity contribution in [1.29, 1.82) is 0 Å². The fourth-order valence-electron chi connectivity index (χ4n) is 1.57. The Bertz CT molecular complexity index is 438. The van der Waals surface area contributed by atoms with Crippen LogP contribution in [0.3, 0.4) is 0 Å². The summed E-state index contributed by atoms with van der Waals surface area (Å²) >= 11 is 5.11. The highest BCUT2D eigenvalue weighted by atomic mass is 32.1. The van der Waals surface area contributed by atoms with Crippen LogP contribution in [0.4, 0.5) is 8.78 Å². The summed E-state index contributed by atoms with van der Waals surface area (Å²) in [6.07, 6.45) is 0. The molecule has 0 radical (unpaired) electrons. The number of benzene rings is 1. The fourth-order valence-corrected chi connectivity index (χ4v) is 1.85. The van der Waals surface area contributed by atoms with Crippen LogP contribution in [0.2, 0.25) is 0 Å².